The summed E-state index contributed by atoms with van der Waals surface area (Å²) in [6.07, 6.45) is 4.65. The van der Waals surface area contributed by atoms with Crippen molar-refractivity contribution in [1.29, 1.82) is 0 Å². The normalized spacial score (nSPS) is 20.0. The van der Waals surface area contributed by atoms with Gasteiger partial charge in [-0.05, 0) is 74.6 Å². The minimum atomic E-state index is -0.140. The summed E-state index contributed by atoms with van der Waals surface area (Å²) in [7, 11) is 0. The number of fused-ring (bicyclic) bond motifs is 2. The molecule has 0 saturated carbocycles. The van der Waals surface area contributed by atoms with Crippen molar-refractivity contribution >= 4 is 34.7 Å². The highest BCUT2D eigenvalue weighted by Gasteiger charge is 2.38. The third kappa shape index (κ3) is 4.92. The molecule has 1 aromatic heterocycles. The average Bonchev–Trinajstić information content (AvgIpc) is 3.15. The van der Waals surface area contributed by atoms with Crippen molar-refractivity contribution < 1.29 is 4.79 Å². The maximum Gasteiger partial charge on any atom is 0.241 e. The number of benzene rings is 2. The van der Waals surface area contributed by atoms with E-state index in [0.717, 1.165) is 47.9 Å². The Kier molecular flexibility index (Phi) is 6.38. The number of aryl methyl sites for hydroxylation is 2. The predicted molar refractivity (Wildman–Crippen MR) is 136 cm³/mol. The lowest BCUT2D eigenvalue weighted by molar-refractivity contribution is -0.120. The second-order valence-electron chi connectivity index (χ2n) is 9.09. The maximum absolute atomic E-state index is 13.4. The van der Waals surface area contributed by atoms with Crippen LogP contribution in [0.15, 0.2) is 71.9 Å². The van der Waals surface area contributed by atoms with Gasteiger partial charge in [-0.15, -0.1) is 11.8 Å². The van der Waals surface area contributed by atoms with Gasteiger partial charge in [-0.25, -0.2) is 4.98 Å². The molecule has 0 unspecified atom stereocenters. The van der Waals surface area contributed by atoms with Crippen molar-refractivity contribution in [3.63, 3.8) is 0 Å². The molecule has 170 valence electrons. The Bertz CT molecular complexity index is 1130. The first-order valence-electron chi connectivity index (χ1n) is 11.7. The number of anilines is 3. The number of carbonyl (C=O) groups is 1. The van der Waals surface area contributed by atoms with Crippen molar-refractivity contribution in [1.82, 2.24) is 9.88 Å². The van der Waals surface area contributed by atoms with Crippen LogP contribution >= 0.6 is 11.8 Å². The molecule has 1 saturated heterocycles. The van der Waals surface area contributed by atoms with E-state index in [4.69, 9.17) is 0 Å². The maximum atomic E-state index is 13.4. The Balaban J connectivity index is 1.30. The molecule has 2 atom stereocenters. The third-order valence-electron chi connectivity index (χ3n) is 6.52. The second-order valence-corrected chi connectivity index (χ2v) is 10.4. The van der Waals surface area contributed by atoms with Crippen molar-refractivity contribution in [2.75, 3.05) is 17.2 Å². The fraction of sp³-hybridized carbons (Fsp3) is 0.333. The topological polar surface area (TPSA) is 57.3 Å². The molecule has 6 heteroatoms. The number of amides is 1. The number of thioether (sulfide) groups is 1. The molecule has 1 fully saturated rings. The molecule has 2 N–H and O–H groups in total. The van der Waals surface area contributed by atoms with E-state index in [1.807, 2.05) is 30.5 Å². The number of hydrogen-bond donors (Lipinski definition) is 2. The summed E-state index contributed by atoms with van der Waals surface area (Å²) in [5, 5.41) is 8.15. The van der Waals surface area contributed by atoms with Crippen molar-refractivity contribution in [2.45, 2.75) is 55.5 Å². The van der Waals surface area contributed by atoms with Gasteiger partial charge in [0.2, 0.25) is 5.91 Å². The number of pyridine rings is 1. The molecular formula is C27H30N4OS. The summed E-state index contributed by atoms with van der Waals surface area (Å²) in [5.74, 6) is 0.0711. The number of hydrogen-bond acceptors (Lipinski definition) is 5. The van der Waals surface area contributed by atoms with E-state index < -0.39 is 0 Å². The van der Waals surface area contributed by atoms with Crippen LogP contribution in [0.1, 0.15) is 31.4 Å². The summed E-state index contributed by atoms with van der Waals surface area (Å²) in [4.78, 5) is 20.1. The Morgan fingerprint density at radius 1 is 1.06 bits per heavy atom. The van der Waals surface area contributed by atoms with Crippen molar-refractivity contribution in [3.05, 3.63) is 78.0 Å². The number of likely N-dealkylation sites (tertiary alicyclic amines) is 1. The van der Waals surface area contributed by atoms with E-state index in [0.29, 0.717) is 11.3 Å². The van der Waals surface area contributed by atoms with E-state index in [1.165, 1.54) is 11.1 Å². The van der Waals surface area contributed by atoms with E-state index in [9.17, 15) is 4.79 Å². The molecular weight excluding hydrogens is 428 g/mol. The summed E-state index contributed by atoms with van der Waals surface area (Å²) in [6, 6.07) is 20.8. The number of carbonyl (C=O) groups excluding carboxylic acids is 1. The first-order chi connectivity index (χ1) is 16.1. The van der Waals surface area contributed by atoms with Crippen LogP contribution < -0.4 is 10.6 Å². The number of nitrogens with one attached hydrogen (secondary N) is 2. The molecule has 0 radical (unpaired) electrons. The highest BCUT2D eigenvalue weighted by Crippen LogP contribution is 2.35. The van der Waals surface area contributed by atoms with Crippen LogP contribution in [0, 0.1) is 0 Å². The molecule has 5 rings (SSSR count). The van der Waals surface area contributed by atoms with Gasteiger partial charge in [-0.1, -0.05) is 30.3 Å². The minimum absolute atomic E-state index is 0.0711. The Hall–Kier alpha value is -2.83. The zero-order chi connectivity index (χ0) is 22.8. The number of para-hydroxylation sites is 1. The quantitative estimate of drug-likeness (QED) is 0.528. The van der Waals surface area contributed by atoms with Gasteiger partial charge in [0.15, 0.2) is 0 Å². The zero-order valence-electron chi connectivity index (χ0n) is 19.1. The first kappa shape index (κ1) is 22.0. The van der Waals surface area contributed by atoms with Crippen LogP contribution in [-0.2, 0) is 17.6 Å². The fourth-order valence-corrected chi connectivity index (χ4v) is 5.96. The van der Waals surface area contributed by atoms with Crippen molar-refractivity contribution in [2.24, 2.45) is 0 Å². The van der Waals surface area contributed by atoms with Crippen LogP contribution in [0.4, 0.5) is 17.1 Å². The molecule has 0 bridgehead atoms. The first-order valence-corrected chi connectivity index (χ1v) is 12.6. The standard InChI is InChI=1S/C27H30N4OS/c1-18(2)31-17-22(33-26-9-5-6-14-28-26)16-25(31)27(32)29-21-13-12-20-11-10-19-7-3-4-8-23(19)30-24(20)15-21/h3-9,12-15,18,22,25,30H,10-11,16-17H2,1-2H3,(H,29,32)/t22-,25-/m0/s1. The zero-order valence-corrected chi connectivity index (χ0v) is 19.9. The van der Waals surface area contributed by atoms with Crippen LogP contribution in [0.3, 0.4) is 0 Å². The smallest absolute Gasteiger partial charge is 0.241 e. The summed E-state index contributed by atoms with van der Waals surface area (Å²) in [6.45, 7) is 5.22. The molecule has 0 spiro atoms. The van der Waals surface area contributed by atoms with Gasteiger partial charge in [-0.3, -0.25) is 9.69 Å². The minimum Gasteiger partial charge on any atom is -0.355 e. The van der Waals surface area contributed by atoms with Crippen LogP contribution in [0.5, 0.6) is 0 Å². The van der Waals surface area contributed by atoms with Crippen LogP contribution in [0.2, 0.25) is 0 Å². The fourth-order valence-electron chi connectivity index (χ4n) is 4.81. The van der Waals surface area contributed by atoms with Gasteiger partial charge in [0.25, 0.3) is 0 Å². The summed E-state index contributed by atoms with van der Waals surface area (Å²) in [5.41, 5.74) is 5.68. The lowest BCUT2D eigenvalue weighted by Crippen LogP contribution is -2.43. The predicted octanol–water partition coefficient (Wildman–Crippen LogP) is 5.51. The van der Waals surface area contributed by atoms with Gasteiger partial charge in [0.1, 0.15) is 0 Å². The van der Waals surface area contributed by atoms with E-state index >= 15 is 0 Å². The Labute approximate surface area is 200 Å². The van der Waals surface area contributed by atoms with E-state index in [-0.39, 0.29) is 11.9 Å². The number of rotatable bonds is 5. The second kappa shape index (κ2) is 9.57. The molecule has 1 amide bonds. The number of nitrogens with zero attached hydrogens (tertiary/aromatic N) is 2. The van der Waals surface area contributed by atoms with E-state index in [2.05, 4.69) is 70.8 Å². The molecule has 2 aromatic carbocycles. The molecule has 3 aromatic rings. The highest BCUT2D eigenvalue weighted by atomic mass is 32.2. The monoisotopic (exact) mass is 458 g/mol. The van der Waals surface area contributed by atoms with Gasteiger partial charge in [-0.2, -0.15) is 0 Å². The van der Waals surface area contributed by atoms with E-state index in [1.54, 1.807) is 11.8 Å². The van der Waals surface area contributed by atoms with Crippen LogP contribution in [0.25, 0.3) is 0 Å². The Morgan fingerprint density at radius 3 is 2.64 bits per heavy atom. The van der Waals surface area contributed by atoms with Gasteiger partial charge < -0.3 is 10.6 Å². The van der Waals surface area contributed by atoms with Crippen LogP contribution in [-0.4, -0.2) is 39.7 Å². The van der Waals surface area contributed by atoms with Crippen molar-refractivity contribution in [3.8, 4) is 0 Å². The SMILES string of the molecule is CC(C)N1C[C@@H](Sc2ccccn2)C[C@H]1C(=O)Nc1ccc2c(c1)Nc1ccccc1CC2. The average molecular weight is 459 g/mol. The largest absolute Gasteiger partial charge is 0.355 e. The Morgan fingerprint density at radius 2 is 1.85 bits per heavy atom. The molecule has 5 nitrogen and oxygen atoms in total. The molecule has 0 aliphatic carbocycles. The lowest BCUT2D eigenvalue weighted by Gasteiger charge is -2.27. The molecule has 2 aliphatic heterocycles. The highest BCUT2D eigenvalue weighted by molar-refractivity contribution is 7.99. The van der Waals surface area contributed by atoms with Gasteiger partial charge >= 0.3 is 0 Å². The van der Waals surface area contributed by atoms with Gasteiger partial charge in [0, 0.05) is 41.1 Å². The molecule has 33 heavy (non-hydrogen) atoms. The summed E-state index contributed by atoms with van der Waals surface area (Å²) >= 11 is 1.77. The summed E-state index contributed by atoms with van der Waals surface area (Å²) < 4.78 is 0. The molecule has 3 heterocycles. The third-order valence-corrected chi connectivity index (χ3v) is 7.68. The van der Waals surface area contributed by atoms with Gasteiger partial charge in [0.05, 0.1) is 11.1 Å². The number of aromatic nitrogens is 1. The molecule has 2 aliphatic rings. The lowest BCUT2D eigenvalue weighted by atomic mass is 10.0.